The molecule has 6 rings (SSSR count). The highest BCUT2D eigenvalue weighted by Gasteiger charge is 2.46. The summed E-state index contributed by atoms with van der Waals surface area (Å²) < 4.78 is 50.0. The number of halogens is 2. The highest BCUT2D eigenvalue weighted by Crippen LogP contribution is 2.33. The van der Waals surface area contributed by atoms with E-state index in [0.717, 1.165) is 43.4 Å². The molecule has 2 aromatic carbocycles. The van der Waals surface area contributed by atoms with Gasteiger partial charge >= 0.3 is 5.97 Å². The Morgan fingerprint density at radius 1 is 0.720 bits per heavy atom. The lowest BCUT2D eigenvalue weighted by Gasteiger charge is -2.33. The topological polar surface area (TPSA) is 279 Å². The summed E-state index contributed by atoms with van der Waals surface area (Å²) in [4.78, 5) is 128. The molecule has 93 heavy (non-hydrogen) atoms. The van der Waals surface area contributed by atoms with E-state index in [4.69, 9.17) is 25.4 Å². The number of terminal acetylenes is 1. The number of carboxylic acids is 1. The number of pyridine rings is 1. The molecule has 3 aromatic rings. The molecule has 4 N–H and O–H groups in total. The molecular weight excluding hydrogens is 1210 g/mol. The lowest BCUT2D eigenvalue weighted by atomic mass is 9.91. The van der Waals surface area contributed by atoms with Gasteiger partial charge in [-0.3, -0.25) is 67.7 Å². The fourth-order valence-electron chi connectivity index (χ4n) is 11.6. The third-order valence-corrected chi connectivity index (χ3v) is 17.0. The Labute approximate surface area is 544 Å². The Morgan fingerprint density at radius 3 is 2.06 bits per heavy atom. The molecule has 2 atom stereocenters. The van der Waals surface area contributed by atoms with E-state index in [1.165, 1.54) is 17.3 Å². The molecule has 5 amide bonds. The van der Waals surface area contributed by atoms with Crippen LogP contribution in [0.25, 0.3) is 10.9 Å². The van der Waals surface area contributed by atoms with Gasteiger partial charge < -0.3 is 49.8 Å². The third kappa shape index (κ3) is 27.4. The fourth-order valence-corrected chi connectivity index (χ4v) is 11.6. The van der Waals surface area contributed by atoms with Crippen LogP contribution in [0.5, 0.6) is 5.75 Å². The minimum absolute atomic E-state index is 0.00637. The van der Waals surface area contributed by atoms with Crippen molar-refractivity contribution in [2.75, 3.05) is 131 Å². The number of carbonyl (C=O) groups is 9. The average Bonchev–Trinajstić information content (AvgIpc) is 1.88. The van der Waals surface area contributed by atoms with Gasteiger partial charge in [-0.15, -0.1) is 6.42 Å². The number of hydrogen-bond donors (Lipinski definition) is 4. The number of unbranched alkanes of at least 4 members (excludes halogenated alkanes) is 3. The molecule has 26 heteroatoms. The van der Waals surface area contributed by atoms with E-state index in [0.29, 0.717) is 145 Å². The van der Waals surface area contributed by atoms with Gasteiger partial charge in [0, 0.05) is 134 Å². The van der Waals surface area contributed by atoms with Gasteiger partial charge in [0.2, 0.25) is 29.5 Å². The van der Waals surface area contributed by atoms with Crippen LogP contribution in [0.3, 0.4) is 0 Å². The second kappa shape index (κ2) is 40.4. The van der Waals surface area contributed by atoms with Gasteiger partial charge in [0.1, 0.15) is 25.3 Å². The van der Waals surface area contributed by atoms with Crippen molar-refractivity contribution in [1.29, 1.82) is 0 Å². The average molecular weight is 1300 g/mol. The van der Waals surface area contributed by atoms with Crippen LogP contribution in [0.15, 0.2) is 54.7 Å². The molecule has 3 aliphatic rings. The first-order valence-corrected chi connectivity index (χ1v) is 32.6. The van der Waals surface area contributed by atoms with Crippen molar-refractivity contribution in [2.24, 2.45) is 5.92 Å². The number of likely N-dealkylation sites (tertiary alicyclic amines) is 2. The van der Waals surface area contributed by atoms with Crippen LogP contribution >= 0.6 is 0 Å². The first-order chi connectivity index (χ1) is 44.9. The number of alkyl halides is 2. The second-order valence-corrected chi connectivity index (χ2v) is 24.2. The van der Waals surface area contributed by atoms with Crippen LogP contribution in [0.2, 0.25) is 0 Å². The zero-order valence-corrected chi connectivity index (χ0v) is 53.8. The quantitative estimate of drug-likeness (QED) is 0.0267. The number of aryl methyl sites for hydroxylation is 2. The van der Waals surface area contributed by atoms with Crippen molar-refractivity contribution in [2.45, 2.75) is 128 Å². The summed E-state index contributed by atoms with van der Waals surface area (Å²) in [7, 11) is 0. The van der Waals surface area contributed by atoms with Crippen molar-refractivity contribution >= 4 is 65.1 Å². The molecule has 0 aliphatic carbocycles. The predicted molar refractivity (Wildman–Crippen MR) is 342 cm³/mol. The highest BCUT2D eigenvalue weighted by molar-refractivity contribution is 6.08. The monoisotopic (exact) mass is 1300 g/mol. The number of rotatable bonds is 38. The number of ketones is 1. The van der Waals surface area contributed by atoms with E-state index in [9.17, 15) is 57.0 Å². The summed E-state index contributed by atoms with van der Waals surface area (Å²) in [5.41, 5.74) is 3.28. The van der Waals surface area contributed by atoms with Crippen molar-refractivity contribution in [3.63, 3.8) is 0 Å². The number of fused-ring (bicyclic) bond motifs is 1. The molecule has 0 radical (unpaired) electrons. The van der Waals surface area contributed by atoms with Crippen LogP contribution in [0.4, 0.5) is 8.78 Å². The Hall–Kier alpha value is -7.70. The number of aromatic nitrogens is 1. The normalized spacial score (nSPS) is 17.5. The Kier molecular flexibility index (Phi) is 32.3. The molecule has 510 valence electrons. The maximum absolute atomic E-state index is 14.0. The van der Waals surface area contributed by atoms with Crippen LogP contribution in [0.1, 0.15) is 118 Å². The summed E-state index contributed by atoms with van der Waals surface area (Å²) in [6.45, 7) is 7.02. The number of Topliss-reactive ketones (excluding diaryl/α,β-unsaturated/α-hetero) is 1. The second-order valence-electron chi connectivity index (χ2n) is 24.2. The standard InChI is InChI=1S/C67H94F2N10O14/c1-3-54-43-67(68,69)46-79(54)64(86)21-20-60(82)56-22-27-70-58-19-18-55(42-57(56)58)93-39-8-6-10-53-23-29-78(30-24-53)63(85)13-5-4-7-26-72-66(89)59(25-40-90-41-28-71-61(83)12-9-11-52-16-14-51(2)15-17-52)73-62(84)44-74-31-32-75(45-65(87)88)34-36-77(48-92-50-81)38-37-76(35-33-74)47-91-49-80/h1,14-19,22,27,42,49-50,53-54,59H,4-13,20-21,23-26,28-41,43-48H2,2H3,(H,71,83)(H,72,89)(H,73,84)(H,87,88)/t54-,59?/m0/s1. The van der Waals surface area contributed by atoms with Gasteiger partial charge in [-0.25, -0.2) is 8.78 Å². The third-order valence-electron chi connectivity index (χ3n) is 17.0. The maximum atomic E-state index is 14.0. The van der Waals surface area contributed by atoms with E-state index in [2.05, 4.69) is 39.0 Å². The summed E-state index contributed by atoms with van der Waals surface area (Å²) in [5, 5.41) is 19.0. The summed E-state index contributed by atoms with van der Waals surface area (Å²) in [5.74, 6) is -2.52. The van der Waals surface area contributed by atoms with Crippen LogP contribution < -0.4 is 20.7 Å². The van der Waals surface area contributed by atoms with Crippen LogP contribution in [-0.4, -0.2) is 243 Å². The number of nitrogens with zero attached hydrogens (tertiary/aromatic N) is 7. The molecule has 3 fully saturated rings. The molecule has 3 aliphatic heterocycles. The number of amides is 5. The number of nitrogens with one attached hydrogen (secondary N) is 3. The summed E-state index contributed by atoms with van der Waals surface area (Å²) in [6, 6.07) is 13.1. The number of piperidine rings is 1. The molecular formula is C67H94F2N10O14. The van der Waals surface area contributed by atoms with Gasteiger partial charge in [-0.05, 0) is 100 Å². The lowest BCUT2D eigenvalue weighted by molar-refractivity contribution is -0.139. The molecule has 4 heterocycles. The molecule has 0 spiro atoms. The number of benzene rings is 2. The summed E-state index contributed by atoms with van der Waals surface area (Å²) in [6.07, 6.45) is 14.8. The largest absolute Gasteiger partial charge is 0.494 e. The maximum Gasteiger partial charge on any atom is 0.317 e. The number of carboxylic acid groups (broad SMARTS) is 1. The van der Waals surface area contributed by atoms with Crippen molar-refractivity contribution in [3.8, 4) is 18.1 Å². The number of ether oxygens (including phenoxy) is 4. The first-order valence-electron chi connectivity index (χ1n) is 32.6. The SMILES string of the molecule is C#C[C@H]1CC(F)(F)CN1C(=O)CCC(=O)c1ccnc2ccc(OCCCCC3CCN(C(=O)CCCCCNC(=O)C(CCOCCNC(=O)CCCc4ccc(C)cc4)NC(=O)CN4CCN(COC=O)CCN(COC=O)CCN(CC(=O)O)CC4)CC3)cc12. The van der Waals surface area contributed by atoms with Crippen molar-refractivity contribution in [3.05, 3.63) is 71.4 Å². The zero-order chi connectivity index (χ0) is 66.8. The Morgan fingerprint density at radius 2 is 1.40 bits per heavy atom. The first kappa shape index (κ1) is 74.3. The Bertz CT molecular complexity index is 2930. The minimum atomic E-state index is -3.06. The van der Waals surface area contributed by atoms with Crippen molar-refractivity contribution in [1.82, 2.24) is 50.3 Å². The molecule has 1 aromatic heterocycles. The lowest BCUT2D eigenvalue weighted by Crippen LogP contribution is -2.52. The van der Waals surface area contributed by atoms with Gasteiger partial charge in [-0.2, -0.15) is 0 Å². The van der Waals surface area contributed by atoms with E-state index in [-0.39, 0.29) is 96.3 Å². The molecule has 24 nitrogen and oxygen atoms in total. The number of hydrogen-bond acceptors (Lipinski definition) is 18. The van der Waals surface area contributed by atoms with E-state index in [1.807, 2.05) is 38.7 Å². The number of aliphatic carboxylic acids is 1. The minimum Gasteiger partial charge on any atom is -0.494 e. The van der Waals surface area contributed by atoms with Crippen LogP contribution in [-0.2, 0) is 59.0 Å². The zero-order valence-electron chi connectivity index (χ0n) is 53.8. The van der Waals surface area contributed by atoms with Gasteiger partial charge in [0.15, 0.2) is 5.78 Å². The van der Waals surface area contributed by atoms with Gasteiger partial charge in [-0.1, -0.05) is 48.6 Å². The molecule has 3 saturated heterocycles. The van der Waals surface area contributed by atoms with Crippen molar-refractivity contribution < 1.29 is 76.0 Å². The molecule has 0 saturated carbocycles. The predicted octanol–water partition coefficient (Wildman–Crippen LogP) is 4.44. The fraction of sp³-hybridized carbons (Fsp3) is 0.612. The highest BCUT2D eigenvalue weighted by atomic mass is 19.3. The van der Waals surface area contributed by atoms with E-state index < -0.39 is 54.7 Å². The van der Waals surface area contributed by atoms with Crippen LogP contribution in [0, 0.1) is 25.2 Å². The molecule has 1 unspecified atom stereocenters. The van der Waals surface area contributed by atoms with E-state index in [1.54, 1.807) is 29.2 Å². The van der Waals surface area contributed by atoms with E-state index >= 15 is 0 Å². The molecule has 0 bridgehead atoms. The number of carbonyl (C=O) groups excluding carboxylic acids is 8. The van der Waals surface area contributed by atoms with Gasteiger partial charge in [0.05, 0.1) is 44.4 Å². The van der Waals surface area contributed by atoms with Gasteiger partial charge in [0.25, 0.3) is 18.9 Å². The summed E-state index contributed by atoms with van der Waals surface area (Å²) >= 11 is 0. The Balaban J connectivity index is 0.904. The smallest absolute Gasteiger partial charge is 0.317 e.